The second-order valence-corrected chi connectivity index (χ2v) is 6.29. The summed E-state index contributed by atoms with van der Waals surface area (Å²) in [6.45, 7) is 8.86. The fourth-order valence-corrected chi connectivity index (χ4v) is 2.10. The molecule has 3 nitrogen and oxygen atoms in total. The van der Waals surface area contributed by atoms with E-state index in [0.29, 0.717) is 18.1 Å². The van der Waals surface area contributed by atoms with Crippen molar-refractivity contribution in [1.29, 1.82) is 0 Å². The summed E-state index contributed by atoms with van der Waals surface area (Å²) in [7, 11) is 0. The molecule has 0 unspecified atom stereocenters. The van der Waals surface area contributed by atoms with Gasteiger partial charge in [-0.25, -0.2) is 0 Å². The normalized spacial score (nSPS) is 11.5. The highest BCUT2D eigenvalue weighted by molar-refractivity contribution is 5.30. The molecule has 0 aliphatic rings. The van der Waals surface area contributed by atoms with E-state index in [4.69, 9.17) is 4.74 Å². The lowest BCUT2D eigenvalue weighted by atomic mass is 9.87. The molecule has 1 heterocycles. The number of rotatable bonds is 4. The van der Waals surface area contributed by atoms with Crippen LogP contribution in [0.4, 0.5) is 0 Å². The largest absolute Gasteiger partial charge is 0.487 e. The second kappa shape index (κ2) is 6.27. The highest BCUT2D eigenvalue weighted by atomic mass is 16.5. The van der Waals surface area contributed by atoms with Gasteiger partial charge in [0.2, 0.25) is 0 Å². The summed E-state index contributed by atoms with van der Waals surface area (Å²) in [6.07, 6.45) is 0. The molecule has 0 atom stereocenters. The van der Waals surface area contributed by atoms with Gasteiger partial charge in [-0.15, -0.1) is 0 Å². The van der Waals surface area contributed by atoms with Crippen LogP contribution < -0.4 is 4.74 Å². The number of pyridine rings is 1. The lowest BCUT2D eigenvalue weighted by molar-refractivity contribution is 0.253. The standard InChI is InChI=1S/C18H23NO2/c1-13-5-10-17(16(11-20)19-13)21-12-14-6-8-15(9-7-14)18(2,3)4/h5-10,20H,11-12H2,1-4H3. The predicted octanol–water partition coefficient (Wildman–Crippen LogP) is 3.76. The zero-order chi connectivity index (χ0) is 15.5. The zero-order valence-electron chi connectivity index (χ0n) is 13.2. The van der Waals surface area contributed by atoms with E-state index in [1.807, 2.05) is 19.1 Å². The van der Waals surface area contributed by atoms with Crippen molar-refractivity contribution < 1.29 is 9.84 Å². The van der Waals surface area contributed by atoms with Crippen LogP contribution in [0, 0.1) is 6.92 Å². The fraction of sp³-hybridized carbons (Fsp3) is 0.389. The Hall–Kier alpha value is -1.87. The Morgan fingerprint density at radius 3 is 2.29 bits per heavy atom. The first-order valence-corrected chi connectivity index (χ1v) is 7.20. The Morgan fingerprint density at radius 1 is 1.05 bits per heavy atom. The first-order valence-electron chi connectivity index (χ1n) is 7.20. The monoisotopic (exact) mass is 285 g/mol. The first kappa shape index (κ1) is 15.5. The molecule has 0 bridgehead atoms. The Kier molecular flexibility index (Phi) is 4.63. The summed E-state index contributed by atoms with van der Waals surface area (Å²) in [5.74, 6) is 0.642. The number of hydrogen-bond donors (Lipinski definition) is 1. The molecule has 1 N–H and O–H groups in total. The van der Waals surface area contributed by atoms with Crippen LogP contribution in [0.25, 0.3) is 0 Å². The van der Waals surface area contributed by atoms with Gasteiger partial charge < -0.3 is 9.84 Å². The molecule has 21 heavy (non-hydrogen) atoms. The smallest absolute Gasteiger partial charge is 0.143 e. The minimum absolute atomic E-state index is 0.111. The minimum atomic E-state index is -0.111. The summed E-state index contributed by atoms with van der Waals surface area (Å²) < 4.78 is 5.77. The third kappa shape index (κ3) is 4.05. The van der Waals surface area contributed by atoms with Crippen molar-refractivity contribution >= 4 is 0 Å². The Morgan fingerprint density at radius 2 is 1.71 bits per heavy atom. The van der Waals surface area contributed by atoms with Gasteiger partial charge in [0.1, 0.15) is 18.1 Å². The maximum Gasteiger partial charge on any atom is 0.143 e. The number of aliphatic hydroxyl groups excluding tert-OH is 1. The van der Waals surface area contributed by atoms with Crippen LogP contribution in [0.15, 0.2) is 36.4 Å². The summed E-state index contributed by atoms with van der Waals surface area (Å²) in [5, 5.41) is 9.32. The fourth-order valence-electron chi connectivity index (χ4n) is 2.10. The average molecular weight is 285 g/mol. The quantitative estimate of drug-likeness (QED) is 0.930. The minimum Gasteiger partial charge on any atom is -0.487 e. The molecule has 112 valence electrons. The molecule has 0 spiro atoms. The predicted molar refractivity (Wildman–Crippen MR) is 84.4 cm³/mol. The van der Waals surface area contributed by atoms with Crippen LogP contribution >= 0.6 is 0 Å². The number of nitrogens with zero attached hydrogens (tertiary/aromatic N) is 1. The molecule has 0 aliphatic heterocycles. The number of aryl methyl sites for hydroxylation is 1. The van der Waals surface area contributed by atoms with Crippen LogP contribution in [0.1, 0.15) is 43.3 Å². The van der Waals surface area contributed by atoms with Crippen LogP contribution in [0.5, 0.6) is 5.75 Å². The highest BCUT2D eigenvalue weighted by Crippen LogP contribution is 2.23. The third-order valence-corrected chi connectivity index (χ3v) is 3.44. The van der Waals surface area contributed by atoms with Crippen LogP contribution in [-0.4, -0.2) is 10.1 Å². The van der Waals surface area contributed by atoms with Crippen molar-refractivity contribution in [2.24, 2.45) is 0 Å². The number of hydrogen-bond acceptors (Lipinski definition) is 3. The highest BCUT2D eigenvalue weighted by Gasteiger charge is 2.13. The van der Waals surface area contributed by atoms with Gasteiger partial charge in [-0.1, -0.05) is 45.0 Å². The van der Waals surface area contributed by atoms with E-state index < -0.39 is 0 Å². The van der Waals surface area contributed by atoms with Crippen molar-refractivity contribution in [3.63, 3.8) is 0 Å². The summed E-state index contributed by atoms with van der Waals surface area (Å²) in [5.41, 5.74) is 4.03. The van der Waals surface area contributed by atoms with E-state index in [1.54, 1.807) is 0 Å². The van der Waals surface area contributed by atoms with E-state index >= 15 is 0 Å². The SMILES string of the molecule is Cc1ccc(OCc2ccc(C(C)(C)C)cc2)c(CO)n1. The van der Waals surface area contributed by atoms with Gasteiger partial charge in [-0.3, -0.25) is 4.98 Å². The lowest BCUT2D eigenvalue weighted by Crippen LogP contribution is -2.11. The number of ether oxygens (including phenoxy) is 1. The van der Waals surface area contributed by atoms with Crippen LogP contribution in [0.3, 0.4) is 0 Å². The number of aliphatic hydroxyl groups is 1. The van der Waals surface area contributed by atoms with Crippen molar-refractivity contribution in [3.8, 4) is 5.75 Å². The van der Waals surface area contributed by atoms with Gasteiger partial charge in [0, 0.05) is 5.69 Å². The molecule has 1 aromatic carbocycles. The molecular weight excluding hydrogens is 262 g/mol. The molecule has 1 aromatic heterocycles. The third-order valence-electron chi connectivity index (χ3n) is 3.44. The molecule has 0 amide bonds. The molecule has 0 radical (unpaired) electrons. The van der Waals surface area contributed by atoms with Crippen LogP contribution in [-0.2, 0) is 18.6 Å². The van der Waals surface area contributed by atoms with Gasteiger partial charge in [0.05, 0.1) is 6.61 Å². The van der Waals surface area contributed by atoms with E-state index in [0.717, 1.165) is 11.3 Å². The molecule has 0 saturated heterocycles. The average Bonchev–Trinajstić information content (AvgIpc) is 2.45. The molecule has 0 aliphatic carbocycles. The molecule has 0 saturated carbocycles. The van der Waals surface area contributed by atoms with E-state index in [-0.39, 0.29) is 12.0 Å². The van der Waals surface area contributed by atoms with Gasteiger partial charge >= 0.3 is 0 Å². The van der Waals surface area contributed by atoms with E-state index in [1.165, 1.54) is 5.56 Å². The Balaban J connectivity index is 2.07. The maximum atomic E-state index is 9.32. The molecule has 3 heteroatoms. The summed E-state index contributed by atoms with van der Waals surface area (Å²) in [6, 6.07) is 12.2. The molecule has 0 fully saturated rings. The van der Waals surface area contributed by atoms with Crippen LogP contribution in [0.2, 0.25) is 0 Å². The van der Waals surface area contributed by atoms with Gasteiger partial charge in [0.25, 0.3) is 0 Å². The van der Waals surface area contributed by atoms with Crippen molar-refractivity contribution in [3.05, 3.63) is 58.9 Å². The summed E-state index contributed by atoms with van der Waals surface area (Å²) in [4.78, 5) is 4.28. The number of aromatic nitrogens is 1. The molecule has 2 rings (SSSR count). The second-order valence-electron chi connectivity index (χ2n) is 6.29. The Bertz CT molecular complexity index is 598. The first-order chi connectivity index (χ1) is 9.90. The van der Waals surface area contributed by atoms with E-state index in [2.05, 4.69) is 50.0 Å². The van der Waals surface area contributed by atoms with Gasteiger partial charge in [-0.2, -0.15) is 0 Å². The van der Waals surface area contributed by atoms with Crippen molar-refractivity contribution in [2.75, 3.05) is 0 Å². The van der Waals surface area contributed by atoms with Gasteiger partial charge in [-0.05, 0) is 35.6 Å². The lowest BCUT2D eigenvalue weighted by Gasteiger charge is -2.19. The van der Waals surface area contributed by atoms with Crippen molar-refractivity contribution in [1.82, 2.24) is 4.98 Å². The molecule has 2 aromatic rings. The summed E-state index contributed by atoms with van der Waals surface area (Å²) >= 11 is 0. The van der Waals surface area contributed by atoms with Gasteiger partial charge in [0.15, 0.2) is 0 Å². The zero-order valence-corrected chi connectivity index (χ0v) is 13.2. The number of benzene rings is 1. The molecular formula is C18H23NO2. The topological polar surface area (TPSA) is 42.4 Å². The maximum absolute atomic E-state index is 9.32. The van der Waals surface area contributed by atoms with E-state index in [9.17, 15) is 5.11 Å². The Labute approximate surface area is 126 Å². The van der Waals surface area contributed by atoms with Crippen molar-refractivity contribution in [2.45, 2.75) is 46.3 Å².